The van der Waals surface area contributed by atoms with E-state index in [0.717, 1.165) is 16.0 Å². The molecule has 0 aliphatic carbocycles. The standard InChI is InChI=1S/C13H9FOS/c14-11-6-3-5-10-8-9-4-1-2-7-12(9)16(15)13(10)11/h1-7H,8H2. The van der Waals surface area contributed by atoms with Crippen molar-refractivity contribution in [2.45, 2.75) is 16.2 Å². The monoisotopic (exact) mass is 232 g/mol. The topological polar surface area (TPSA) is 17.1 Å². The molecule has 0 saturated heterocycles. The Morgan fingerprint density at radius 1 is 1.00 bits per heavy atom. The van der Waals surface area contributed by atoms with Gasteiger partial charge in [-0.3, -0.25) is 0 Å². The highest BCUT2D eigenvalue weighted by Crippen LogP contribution is 2.32. The molecule has 1 aliphatic rings. The van der Waals surface area contributed by atoms with Gasteiger partial charge in [-0.1, -0.05) is 30.3 Å². The van der Waals surface area contributed by atoms with E-state index in [2.05, 4.69) is 0 Å². The smallest absolute Gasteiger partial charge is 0.139 e. The SMILES string of the molecule is O=S1c2ccccc2Cc2cccc(F)c21. The maximum absolute atomic E-state index is 13.6. The van der Waals surface area contributed by atoms with E-state index in [1.165, 1.54) is 6.07 Å². The summed E-state index contributed by atoms with van der Waals surface area (Å²) in [5.41, 5.74) is 1.86. The molecular formula is C13H9FOS. The Kier molecular flexibility index (Phi) is 2.14. The van der Waals surface area contributed by atoms with Crippen LogP contribution < -0.4 is 0 Å². The summed E-state index contributed by atoms with van der Waals surface area (Å²) in [5.74, 6) is -0.370. The van der Waals surface area contributed by atoms with Crippen molar-refractivity contribution in [2.24, 2.45) is 0 Å². The first-order chi connectivity index (χ1) is 7.77. The second-order valence-corrected chi connectivity index (χ2v) is 5.17. The second-order valence-electron chi connectivity index (χ2n) is 3.78. The quantitative estimate of drug-likeness (QED) is 0.582. The number of halogens is 1. The van der Waals surface area contributed by atoms with Crippen LogP contribution in [0.1, 0.15) is 11.1 Å². The van der Waals surface area contributed by atoms with E-state index < -0.39 is 10.8 Å². The molecule has 1 atom stereocenters. The van der Waals surface area contributed by atoms with Crippen molar-refractivity contribution in [2.75, 3.05) is 0 Å². The lowest BCUT2D eigenvalue weighted by atomic mass is 10.0. The highest BCUT2D eigenvalue weighted by atomic mass is 32.2. The minimum absolute atomic E-state index is 0.348. The first-order valence-electron chi connectivity index (χ1n) is 5.04. The molecule has 80 valence electrons. The van der Waals surface area contributed by atoms with E-state index in [1.807, 2.05) is 24.3 Å². The van der Waals surface area contributed by atoms with Crippen LogP contribution in [-0.4, -0.2) is 4.21 Å². The molecular weight excluding hydrogens is 223 g/mol. The molecule has 3 rings (SSSR count). The van der Waals surface area contributed by atoms with Crippen molar-refractivity contribution >= 4 is 10.8 Å². The van der Waals surface area contributed by atoms with Crippen molar-refractivity contribution in [3.63, 3.8) is 0 Å². The summed E-state index contributed by atoms with van der Waals surface area (Å²) >= 11 is 0. The summed E-state index contributed by atoms with van der Waals surface area (Å²) in [7, 11) is -1.38. The summed E-state index contributed by atoms with van der Waals surface area (Å²) < 4.78 is 25.8. The van der Waals surface area contributed by atoms with Crippen molar-refractivity contribution in [1.29, 1.82) is 0 Å². The zero-order valence-electron chi connectivity index (χ0n) is 8.44. The molecule has 1 nitrogen and oxygen atoms in total. The van der Waals surface area contributed by atoms with E-state index in [9.17, 15) is 8.60 Å². The van der Waals surface area contributed by atoms with E-state index in [-0.39, 0.29) is 5.82 Å². The molecule has 1 heterocycles. The van der Waals surface area contributed by atoms with E-state index in [0.29, 0.717) is 11.3 Å². The van der Waals surface area contributed by atoms with Crippen molar-refractivity contribution in [1.82, 2.24) is 0 Å². The molecule has 0 N–H and O–H groups in total. The zero-order chi connectivity index (χ0) is 11.1. The van der Waals surface area contributed by atoms with Gasteiger partial charge < -0.3 is 0 Å². The van der Waals surface area contributed by atoms with Gasteiger partial charge in [0.2, 0.25) is 0 Å². The molecule has 2 aromatic carbocycles. The highest BCUT2D eigenvalue weighted by Gasteiger charge is 2.24. The molecule has 3 heteroatoms. The Hall–Kier alpha value is -1.48. The van der Waals surface area contributed by atoms with Gasteiger partial charge in [-0.05, 0) is 29.7 Å². The van der Waals surface area contributed by atoms with Crippen LogP contribution in [0.25, 0.3) is 0 Å². The van der Waals surface area contributed by atoms with Crippen LogP contribution >= 0.6 is 0 Å². The van der Waals surface area contributed by atoms with Crippen molar-refractivity contribution in [3.05, 3.63) is 59.4 Å². The van der Waals surface area contributed by atoms with E-state index >= 15 is 0 Å². The largest absolute Gasteiger partial charge is 0.249 e. The average molecular weight is 232 g/mol. The van der Waals surface area contributed by atoms with Crippen LogP contribution in [0, 0.1) is 5.82 Å². The fourth-order valence-electron chi connectivity index (χ4n) is 2.05. The maximum Gasteiger partial charge on any atom is 0.139 e. The van der Waals surface area contributed by atoms with Gasteiger partial charge in [0.15, 0.2) is 0 Å². The molecule has 0 aromatic heterocycles. The predicted octanol–water partition coefficient (Wildman–Crippen LogP) is 2.90. The molecule has 0 amide bonds. The molecule has 0 saturated carbocycles. The minimum Gasteiger partial charge on any atom is -0.249 e. The molecule has 0 fully saturated rings. The van der Waals surface area contributed by atoms with Crippen LogP contribution in [0.3, 0.4) is 0 Å². The third-order valence-electron chi connectivity index (χ3n) is 2.79. The predicted molar refractivity (Wildman–Crippen MR) is 60.3 cm³/mol. The van der Waals surface area contributed by atoms with Crippen LogP contribution in [0.5, 0.6) is 0 Å². The van der Waals surface area contributed by atoms with Crippen LogP contribution in [0.15, 0.2) is 52.3 Å². The molecule has 0 bridgehead atoms. The van der Waals surface area contributed by atoms with Crippen molar-refractivity contribution < 1.29 is 8.60 Å². The van der Waals surface area contributed by atoms with Gasteiger partial charge in [0.25, 0.3) is 0 Å². The third kappa shape index (κ3) is 1.32. The summed E-state index contributed by atoms with van der Waals surface area (Å²) in [6.07, 6.45) is 0.662. The first kappa shape index (κ1) is 9.73. The van der Waals surface area contributed by atoms with Crippen LogP contribution in [0.2, 0.25) is 0 Å². The van der Waals surface area contributed by atoms with Gasteiger partial charge in [0.05, 0.1) is 15.7 Å². The van der Waals surface area contributed by atoms with Crippen molar-refractivity contribution in [3.8, 4) is 0 Å². The summed E-state index contributed by atoms with van der Waals surface area (Å²) in [6, 6.07) is 12.4. The number of benzene rings is 2. The summed E-state index contributed by atoms with van der Waals surface area (Å²) in [6.45, 7) is 0. The van der Waals surface area contributed by atoms with Crippen LogP contribution in [0.4, 0.5) is 4.39 Å². The van der Waals surface area contributed by atoms with Gasteiger partial charge in [-0.25, -0.2) is 8.60 Å². The van der Waals surface area contributed by atoms with Gasteiger partial charge in [-0.2, -0.15) is 0 Å². The fourth-order valence-corrected chi connectivity index (χ4v) is 3.47. The number of hydrogen-bond acceptors (Lipinski definition) is 1. The van der Waals surface area contributed by atoms with Gasteiger partial charge in [0.1, 0.15) is 5.82 Å². The highest BCUT2D eigenvalue weighted by molar-refractivity contribution is 7.85. The van der Waals surface area contributed by atoms with Gasteiger partial charge >= 0.3 is 0 Å². The lowest BCUT2D eigenvalue weighted by Gasteiger charge is -2.18. The Morgan fingerprint density at radius 2 is 1.75 bits per heavy atom. The number of hydrogen-bond donors (Lipinski definition) is 0. The second kappa shape index (κ2) is 3.52. The Labute approximate surface area is 95.4 Å². The normalized spacial score (nSPS) is 17.7. The third-order valence-corrected chi connectivity index (χ3v) is 4.41. The average Bonchev–Trinajstić information content (AvgIpc) is 2.29. The Balaban J connectivity index is 2.27. The minimum atomic E-state index is -1.38. The molecule has 1 aliphatic heterocycles. The molecule has 16 heavy (non-hydrogen) atoms. The van der Waals surface area contributed by atoms with Gasteiger partial charge in [-0.15, -0.1) is 0 Å². The first-order valence-corrected chi connectivity index (χ1v) is 6.19. The Bertz CT molecular complexity index is 592. The van der Waals surface area contributed by atoms with E-state index in [1.54, 1.807) is 12.1 Å². The molecule has 2 aromatic rings. The lowest BCUT2D eigenvalue weighted by Crippen LogP contribution is -2.10. The number of fused-ring (bicyclic) bond motifs is 2. The fraction of sp³-hybridized carbons (Fsp3) is 0.0769. The number of rotatable bonds is 0. The summed E-state index contributed by atoms with van der Waals surface area (Å²) in [5, 5.41) is 0. The molecule has 0 spiro atoms. The van der Waals surface area contributed by atoms with E-state index in [4.69, 9.17) is 0 Å². The van der Waals surface area contributed by atoms with Gasteiger partial charge in [0, 0.05) is 4.90 Å². The lowest BCUT2D eigenvalue weighted by molar-refractivity contribution is 0.589. The Morgan fingerprint density at radius 3 is 2.62 bits per heavy atom. The zero-order valence-corrected chi connectivity index (χ0v) is 9.26. The molecule has 0 radical (unpaired) electrons. The maximum atomic E-state index is 13.6. The molecule has 1 unspecified atom stereocenters. The summed E-state index contributed by atoms with van der Waals surface area (Å²) in [4.78, 5) is 1.08. The van der Waals surface area contributed by atoms with Crippen LogP contribution in [-0.2, 0) is 17.2 Å².